The average molecular weight is 343 g/mol. The van der Waals surface area contributed by atoms with Gasteiger partial charge in [-0.3, -0.25) is 0 Å². The molecule has 1 heterocycles. The fraction of sp³-hybridized carbons (Fsp3) is 0.357. The lowest BCUT2D eigenvalue weighted by molar-refractivity contribution is 0.420. The van der Waals surface area contributed by atoms with E-state index in [0.29, 0.717) is 5.02 Å². The summed E-state index contributed by atoms with van der Waals surface area (Å²) in [7, 11) is 0. The van der Waals surface area contributed by atoms with Gasteiger partial charge in [0.05, 0.1) is 20.9 Å². The third-order valence-electron chi connectivity index (χ3n) is 2.62. The lowest BCUT2D eigenvalue weighted by Crippen LogP contribution is -2.35. The summed E-state index contributed by atoms with van der Waals surface area (Å²) in [5.41, 5.74) is 2.02. The van der Waals surface area contributed by atoms with Crippen molar-refractivity contribution in [1.29, 1.82) is 0 Å². The Morgan fingerprint density at radius 2 is 2.05 bits per heavy atom. The average Bonchev–Trinajstić information content (AvgIpc) is 2.78. The van der Waals surface area contributed by atoms with E-state index in [-0.39, 0.29) is 5.54 Å². The highest BCUT2D eigenvalue weighted by molar-refractivity contribution is 9.10. The Morgan fingerprint density at radius 1 is 1.32 bits per heavy atom. The van der Waals surface area contributed by atoms with Crippen LogP contribution in [0.25, 0.3) is 5.69 Å². The van der Waals surface area contributed by atoms with Crippen molar-refractivity contribution in [2.75, 3.05) is 0 Å². The van der Waals surface area contributed by atoms with Crippen molar-refractivity contribution in [2.24, 2.45) is 0 Å². The largest absolute Gasteiger partial charge is 0.306 e. The Kier molecular flexibility index (Phi) is 4.33. The summed E-state index contributed by atoms with van der Waals surface area (Å²) >= 11 is 9.58. The quantitative estimate of drug-likeness (QED) is 0.907. The van der Waals surface area contributed by atoms with Crippen LogP contribution >= 0.6 is 27.5 Å². The van der Waals surface area contributed by atoms with E-state index in [0.717, 1.165) is 22.4 Å². The van der Waals surface area contributed by atoms with Crippen molar-refractivity contribution < 1.29 is 0 Å². The van der Waals surface area contributed by atoms with Gasteiger partial charge < -0.3 is 5.32 Å². The highest BCUT2D eigenvalue weighted by Crippen LogP contribution is 2.28. The number of rotatable bonds is 3. The molecule has 0 saturated heterocycles. The van der Waals surface area contributed by atoms with Gasteiger partial charge in [0.2, 0.25) is 0 Å². The van der Waals surface area contributed by atoms with Crippen LogP contribution in [0.4, 0.5) is 0 Å². The standard InChI is InChI=1S/C14H17BrClN3/c1-14(2,3)17-9-10-7-8-19(18-10)12-6-4-5-11(16)13(12)15/h4-8,17H,9H2,1-3H3. The van der Waals surface area contributed by atoms with Crippen molar-refractivity contribution >= 4 is 27.5 Å². The molecule has 5 heteroatoms. The molecule has 0 unspecified atom stereocenters. The lowest BCUT2D eigenvalue weighted by atomic mass is 10.1. The molecule has 102 valence electrons. The zero-order chi connectivity index (χ0) is 14.0. The Labute approximate surface area is 127 Å². The number of nitrogens with one attached hydrogen (secondary N) is 1. The summed E-state index contributed by atoms with van der Waals surface area (Å²) in [6.45, 7) is 7.15. The van der Waals surface area contributed by atoms with Crippen molar-refractivity contribution in [1.82, 2.24) is 15.1 Å². The highest BCUT2D eigenvalue weighted by Gasteiger charge is 2.11. The van der Waals surface area contributed by atoms with Gasteiger partial charge in [0.15, 0.2) is 0 Å². The predicted molar refractivity (Wildman–Crippen MR) is 82.9 cm³/mol. The van der Waals surface area contributed by atoms with E-state index in [1.54, 1.807) is 0 Å². The molecule has 2 rings (SSSR count). The first-order valence-corrected chi connectivity index (χ1v) is 7.28. The molecular weight excluding hydrogens is 326 g/mol. The first-order valence-electron chi connectivity index (χ1n) is 6.11. The van der Waals surface area contributed by atoms with Crippen molar-refractivity contribution in [2.45, 2.75) is 32.9 Å². The number of halogens is 2. The smallest absolute Gasteiger partial charge is 0.0802 e. The van der Waals surface area contributed by atoms with E-state index < -0.39 is 0 Å². The van der Waals surface area contributed by atoms with Crippen molar-refractivity contribution in [3.05, 3.63) is 45.7 Å². The van der Waals surface area contributed by atoms with Gasteiger partial charge in [-0.15, -0.1) is 0 Å². The zero-order valence-electron chi connectivity index (χ0n) is 11.2. The summed E-state index contributed by atoms with van der Waals surface area (Å²) in [5, 5.41) is 8.65. The van der Waals surface area contributed by atoms with Gasteiger partial charge in [0, 0.05) is 18.3 Å². The molecule has 3 nitrogen and oxygen atoms in total. The van der Waals surface area contributed by atoms with E-state index in [9.17, 15) is 0 Å². The van der Waals surface area contributed by atoms with Gasteiger partial charge in [0.1, 0.15) is 0 Å². The maximum atomic E-state index is 6.09. The molecule has 1 N–H and O–H groups in total. The molecule has 0 aliphatic rings. The lowest BCUT2D eigenvalue weighted by Gasteiger charge is -2.19. The molecule has 0 amide bonds. The Hall–Kier alpha value is -0.840. The first-order chi connectivity index (χ1) is 8.87. The summed E-state index contributed by atoms with van der Waals surface area (Å²) in [6, 6.07) is 7.74. The van der Waals surface area contributed by atoms with E-state index in [4.69, 9.17) is 11.6 Å². The molecule has 0 spiro atoms. The molecule has 2 aromatic rings. The number of benzene rings is 1. The van der Waals surface area contributed by atoms with E-state index in [1.807, 2.05) is 35.1 Å². The number of aromatic nitrogens is 2. The molecule has 0 bridgehead atoms. The summed E-state index contributed by atoms with van der Waals surface area (Å²) < 4.78 is 2.69. The molecule has 1 aromatic heterocycles. The Balaban J connectivity index is 2.19. The van der Waals surface area contributed by atoms with Crippen LogP contribution in [0.3, 0.4) is 0 Å². The van der Waals surface area contributed by atoms with Crippen LogP contribution in [0, 0.1) is 0 Å². The Bertz CT molecular complexity index is 572. The fourth-order valence-corrected chi connectivity index (χ4v) is 2.23. The SMILES string of the molecule is CC(C)(C)NCc1ccn(-c2cccc(Cl)c2Br)n1. The number of hydrogen-bond donors (Lipinski definition) is 1. The minimum atomic E-state index is 0.0837. The van der Waals surface area contributed by atoms with E-state index in [2.05, 4.69) is 47.1 Å². The third kappa shape index (κ3) is 3.81. The van der Waals surface area contributed by atoms with Gasteiger partial charge in [-0.05, 0) is 54.9 Å². The van der Waals surface area contributed by atoms with Crippen LogP contribution in [0.5, 0.6) is 0 Å². The molecule has 0 atom stereocenters. The molecule has 0 saturated carbocycles. The van der Waals surface area contributed by atoms with Crippen molar-refractivity contribution in [3.63, 3.8) is 0 Å². The molecule has 0 aliphatic carbocycles. The van der Waals surface area contributed by atoms with Crippen LogP contribution in [0.1, 0.15) is 26.5 Å². The van der Waals surface area contributed by atoms with Gasteiger partial charge in [-0.1, -0.05) is 17.7 Å². The van der Waals surface area contributed by atoms with Gasteiger partial charge in [0.25, 0.3) is 0 Å². The summed E-state index contributed by atoms with van der Waals surface area (Å²) in [4.78, 5) is 0. The second kappa shape index (κ2) is 5.65. The van der Waals surface area contributed by atoms with Crippen LogP contribution in [0.2, 0.25) is 5.02 Å². The van der Waals surface area contributed by atoms with Crippen molar-refractivity contribution in [3.8, 4) is 5.69 Å². The molecule has 0 radical (unpaired) electrons. The second-order valence-electron chi connectivity index (χ2n) is 5.43. The van der Waals surface area contributed by atoms with Gasteiger partial charge in [-0.2, -0.15) is 5.10 Å². The van der Waals surface area contributed by atoms with Crippen LogP contribution < -0.4 is 5.32 Å². The molecule has 19 heavy (non-hydrogen) atoms. The summed E-state index contributed by atoms with van der Waals surface area (Å²) in [6.07, 6.45) is 1.94. The number of hydrogen-bond acceptors (Lipinski definition) is 2. The van der Waals surface area contributed by atoms with E-state index in [1.165, 1.54) is 0 Å². The minimum absolute atomic E-state index is 0.0837. The van der Waals surface area contributed by atoms with Gasteiger partial charge in [-0.25, -0.2) is 4.68 Å². The fourth-order valence-electron chi connectivity index (χ4n) is 1.62. The minimum Gasteiger partial charge on any atom is -0.306 e. The monoisotopic (exact) mass is 341 g/mol. The molecule has 0 aliphatic heterocycles. The third-order valence-corrected chi connectivity index (χ3v) is 4.00. The first kappa shape index (κ1) is 14.6. The van der Waals surface area contributed by atoms with Crippen LogP contribution in [0.15, 0.2) is 34.9 Å². The van der Waals surface area contributed by atoms with E-state index >= 15 is 0 Å². The normalized spacial score (nSPS) is 11.8. The van der Waals surface area contributed by atoms with Crippen LogP contribution in [-0.2, 0) is 6.54 Å². The maximum Gasteiger partial charge on any atom is 0.0802 e. The Morgan fingerprint density at radius 3 is 2.74 bits per heavy atom. The van der Waals surface area contributed by atoms with Gasteiger partial charge >= 0.3 is 0 Å². The predicted octanol–water partition coefficient (Wildman–Crippen LogP) is 4.18. The zero-order valence-corrected chi connectivity index (χ0v) is 13.6. The molecule has 1 aromatic carbocycles. The molecule has 0 fully saturated rings. The number of nitrogens with zero attached hydrogens (tertiary/aromatic N) is 2. The highest BCUT2D eigenvalue weighted by atomic mass is 79.9. The summed E-state index contributed by atoms with van der Waals surface area (Å²) in [5.74, 6) is 0. The maximum absolute atomic E-state index is 6.09. The second-order valence-corrected chi connectivity index (χ2v) is 6.63. The van der Waals surface area contributed by atoms with Crippen LogP contribution in [-0.4, -0.2) is 15.3 Å². The topological polar surface area (TPSA) is 29.9 Å². The molecular formula is C14H17BrClN3.